The molecule has 170 valence electrons. The Kier molecular flexibility index (Phi) is 9.58. The molecule has 0 radical (unpaired) electrons. The first-order valence-corrected chi connectivity index (χ1v) is 11.8. The van der Waals surface area contributed by atoms with Crippen LogP contribution in [-0.4, -0.2) is 43.4 Å². The first-order chi connectivity index (χ1) is 15.3. The highest BCUT2D eigenvalue weighted by atomic mass is 32.2. The number of nitrogens with one attached hydrogen (secondary N) is 2. The van der Waals surface area contributed by atoms with Gasteiger partial charge in [0.2, 0.25) is 10.0 Å². The van der Waals surface area contributed by atoms with E-state index < -0.39 is 15.9 Å². The Morgan fingerprint density at radius 3 is 2.31 bits per heavy atom. The number of ether oxygens (including phenoxy) is 1. The Labute approximate surface area is 194 Å². The molecule has 32 heavy (non-hydrogen) atoms. The van der Waals surface area contributed by atoms with Gasteiger partial charge >= 0.3 is 0 Å². The fourth-order valence-electron chi connectivity index (χ4n) is 2.74. The van der Waals surface area contributed by atoms with Crippen LogP contribution < -0.4 is 15.4 Å². The van der Waals surface area contributed by atoms with Gasteiger partial charge < -0.3 is 10.1 Å². The lowest BCUT2D eigenvalue weighted by Crippen LogP contribution is -2.34. The van der Waals surface area contributed by atoms with Crippen molar-refractivity contribution in [2.24, 2.45) is 0 Å². The summed E-state index contributed by atoms with van der Waals surface area (Å²) in [5, 5.41) is 5.57. The standard InChI is InChI=1S/C23H27N3O4S2/c1-4-15-26(16-5-2)32(28,29)19-13-11-18(12-14-19)24-23(31)25-22(27)20-9-7-8-10-21(20)30-17-6-3/h4-5,7-14H,1-2,6,15-17H2,3H3,(H2,24,25,27,31). The molecule has 0 aliphatic carbocycles. The zero-order chi connectivity index (χ0) is 23.6. The SMILES string of the molecule is C=CCN(CC=C)S(=O)(=O)c1ccc(NC(=S)NC(=O)c2ccccc2OCCC)cc1. The Morgan fingerprint density at radius 2 is 1.72 bits per heavy atom. The molecule has 0 atom stereocenters. The van der Waals surface area contributed by atoms with Crippen LogP contribution in [0.5, 0.6) is 5.75 Å². The van der Waals surface area contributed by atoms with E-state index in [-0.39, 0.29) is 23.1 Å². The predicted molar refractivity (Wildman–Crippen MR) is 132 cm³/mol. The summed E-state index contributed by atoms with van der Waals surface area (Å²) in [7, 11) is -3.69. The van der Waals surface area contributed by atoms with Gasteiger partial charge in [-0.3, -0.25) is 10.1 Å². The van der Waals surface area contributed by atoms with Gasteiger partial charge in [0.05, 0.1) is 17.1 Å². The first kappa shape index (κ1) is 25.3. The minimum atomic E-state index is -3.69. The molecule has 7 nitrogen and oxygen atoms in total. The van der Waals surface area contributed by atoms with Gasteiger partial charge in [0.1, 0.15) is 5.75 Å². The molecule has 0 bridgehead atoms. The van der Waals surface area contributed by atoms with Crippen molar-refractivity contribution in [2.45, 2.75) is 18.2 Å². The Morgan fingerprint density at radius 1 is 1.09 bits per heavy atom. The fraction of sp³-hybridized carbons (Fsp3) is 0.217. The van der Waals surface area contributed by atoms with Gasteiger partial charge in [-0.05, 0) is 55.0 Å². The molecular formula is C23H27N3O4S2. The third-order valence-electron chi connectivity index (χ3n) is 4.24. The van der Waals surface area contributed by atoms with Gasteiger partial charge in [-0.25, -0.2) is 8.42 Å². The second kappa shape index (κ2) is 12.1. The minimum absolute atomic E-state index is 0.0795. The molecule has 9 heteroatoms. The molecule has 2 N–H and O–H groups in total. The van der Waals surface area contributed by atoms with Crippen molar-refractivity contribution >= 4 is 38.9 Å². The number of nitrogens with zero attached hydrogens (tertiary/aromatic N) is 1. The van der Waals surface area contributed by atoms with Gasteiger partial charge in [-0.15, -0.1) is 13.2 Å². The summed E-state index contributed by atoms with van der Waals surface area (Å²) < 4.78 is 32.4. The van der Waals surface area contributed by atoms with Gasteiger partial charge in [-0.1, -0.05) is 31.2 Å². The smallest absolute Gasteiger partial charge is 0.261 e. The van der Waals surface area contributed by atoms with E-state index in [0.29, 0.717) is 23.6 Å². The molecule has 0 aliphatic heterocycles. The van der Waals surface area contributed by atoms with Crippen LogP contribution in [0.15, 0.2) is 78.7 Å². The number of sulfonamides is 1. The molecule has 0 saturated carbocycles. The molecule has 0 fully saturated rings. The molecule has 2 rings (SSSR count). The zero-order valence-corrected chi connectivity index (χ0v) is 19.5. The van der Waals surface area contributed by atoms with Gasteiger partial charge in [0, 0.05) is 18.8 Å². The van der Waals surface area contributed by atoms with Crippen LogP contribution in [0.3, 0.4) is 0 Å². The van der Waals surface area contributed by atoms with Crippen molar-refractivity contribution in [3.05, 3.63) is 79.4 Å². The number of para-hydroxylation sites is 1. The summed E-state index contributed by atoms with van der Waals surface area (Å²) in [5.74, 6) is 0.0747. The second-order valence-electron chi connectivity index (χ2n) is 6.68. The Balaban J connectivity index is 2.06. The molecule has 2 aromatic carbocycles. The van der Waals surface area contributed by atoms with E-state index in [1.165, 1.54) is 28.6 Å². The van der Waals surface area contributed by atoms with Crippen LogP contribution >= 0.6 is 12.2 Å². The van der Waals surface area contributed by atoms with Gasteiger partial charge in [0.25, 0.3) is 5.91 Å². The number of hydrogen-bond acceptors (Lipinski definition) is 5. The molecule has 0 heterocycles. The van der Waals surface area contributed by atoms with E-state index >= 15 is 0 Å². The normalized spacial score (nSPS) is 10.9. The summed E-state index contributed by atoms with van der Waals surface area (Å²) in [4.78, 5) is 12.7. The van der Waals surface area contributed by atoms with Crippen molar-refractivity contribution < 1.29 is 17.9 Å². The summed E-state index contributed by atoms with van der Waals surface area (Å²) in [6.07, 6.45) is 3.85. The number of benzene rings is 2. The number of rotatable bonds is 11. The minimum Gasteiger partial charge on any atom is -0.493 e. The monoisotopic (exact) mass is 473 g/mol. The summed E-state index contributed by atoms with van der Waals surface area (Å²) in [6.45, 7) is 10.0. The number of carbonyl (C=O) groups is 1. The molecule has 2 aromatic rings. The molecule has 0 aliphatic rings. The van der Waals surface area contributed by atoms with Crippen molar-refractivity contribution in [1.29, 1.82) is 0 Å². The van der Waals surface area contributed by atoms with Crippen molar-refractivity contribution in [2.75, 3.05) is 25.0 Å². The second-order valence-corrected chi connectivity index (χ2v) is 9.02. The topological polar surface area (TPSA) is 87.7 Å². The lowest BCUT2D eigenvalue weighted by Gasteiger charge is -2.19. The fourth-order valence-corrected chi connectivity index (χ4v) is 4.34. The quantitative estimate of drug-likeness (QED) is 0.379. The lowest BCUT2D eigenvalue weighted by molar-refractivity contribution is 0.0973. The zero-order valence-electron chi connectivity index (χ0n) is 17.9. The molecular weight excluding hydrogens is 446 g/mol. The van der Waals surface area contributed by atoms with Crippen molar-refractivity contribution in [3.8, 4) is 5.75 Å². The van der Waals surface area contributed by atoms with E-state index in [9.17, 15) is 13.2 Å². The number of thiocarbonyl (C=S) groups is 1. The number of amides is 1. The average molecular weight is 474 g/mol. The van der Waals surface area contributed by atoms with E-state index in [0.717, 1.165) is 6.42 Å². The Bertz CT molecular complexity index is 1060. The largest absolute Gasteiger partial charge is 0.493 e. The van der Waals surface area contributed by atoms with Gasteiger partial charge in [0.15, 0.2) is 5.11 Å². The third-order valence-corrected chi connectivity index (χ3v) is 6.29. The maximum absolute atomic E-state index is 12.8. The number of hydrogen-bond donors (Lipinski definition) is 2. The highest BCUT2D eigenvalue weighted by molar-refractivity contribution is 7.89. The summed E-state index contributed by atoms with van der Waals surface area (Å²) in [6, 6.07) is 13.0. The maximum atomic E-state index is 12.8. The number of carbonyl (C=O) groups excluding carboxylic acids is 1. The van der Waals surface area contributed by atoms with E-state index in [1.807, 2.05) is 6.92 Å². The molecule has 0 spiro atoms. The summed E-state index contributed by atoms with van der Waals surface area (Å²) in [5.41, 5.74) is 0.903. The lowest BCUT2D eigenvalue weighted by atomic mass is 10.2. The van der Waals surface area contributed by atoms with E-state index in [4.69, 9.17) is 17.0 Å². The highest BCUT2D eigenvalue weighted by Crippen LogP contribution is 2.20. The van der Waals surface area contributed by atoms with Crippen LogP contribution in [0.25, 0.3) is 0 Å². The highest BCUT2D eigenvalue weighted by Gasteiger charge is 2.22. The molecule has 0 saturated heterocycles. The van der Waals surface area contributed by atoms with Crippen molar-refractivity contribution in [1.82, 2.24) is 9.62 Å². The van der Waals surface area contributed by atoms with Crippen molar-refractivity contribution in [3.63, 3.8) is 0 Å². The summed E-state index contributed by atoms with van der Waals surface area (Å²) >= 11 is 5.23. The first-order valence-electron chi connectivity index (χ1n) is 9.99. The van der Waals surface area contributed by atoms with Crippen LogP contribution in [0.1, 0.15) is 23.7 Å². The molecule has 0 aromatic heterocycles. The van der Waals surface area contributed by atoms with Crippen LogP contribution in [0.2, 0.25) is 0 Å². The maximum Gasteiger partial charge on any atom is 0.261 e. The molecule has 0 unspecified atom stereocenters. The van der Waals surface area contributed by atoms with Gasteiger partial charge in [-0.2, -0.15) is 4.31 Å². The van der Waals surface area contributed by atoms with E-state index in [2.05, 4.69) is 23.8 Å². The molecule has 1 amide bonds. The number of anilines is 1. The van der Waals surface area contributed by atoms with Crippen LogP contribution in [-0.2, 0) is 10.0 Å². The van der Waals surface area contributed by atoms with Crippen LogP contribution in [0.4, 0.5) is 5.69 Å². The van der Waals surface area contributed by atoms with E-state index in [1.54, 1.807) is 36.4 Å². The average Bonchev–Trinajstić information content (AvgIpc) is 2.78. The Hall–Kier alpha value is -3.01. The third kappa shape index (κ3) is 6.74. The van der Waals surface area contributed by atoms with Crippen LogP contribution in [0, 0.1) is 0 Å². The predicted octanol–water partition coefficient (Wildman–Crippen LogP) is 3.96.